The number of amides is 1. The number of ether oxygens (including phenoxy) is 1. The summed E-state index contributed by atoms with van der Waals surface area (Å²) in [4.78, 5) is 39.4. The minimum Gasteiger partial charge on any atom is -0.465 e. The summed E-state index contributed by atoms with van der Waals surface area (Å²) in [6.45, 7) is 7.75. The molecule has 1 N–H and O–H groups in total. The molecule has 1 aromatic carbocycles. The van der Waals surface area contributed by atoms with Crippen LogP contribution in [0.25, 0.3) is 0 Å². The minimum absolute atomic E-state index is 0.00465. The van der Waals surface area contributed by atoms with Crippen LogP contribution < -0.4 is 4.72 Å². The standard InChI is InChI=1S/C23H28N2O6S2/c1-13(2)8-18(26)21(27)25-7-6-17-19(12-25)32-23(20(17)22(28)31-5)33(29,30)24-16-10-14(3)9-15(4)11-16/h9-11,13,24H,6-8,12H2,1-5H3. The van der Waals surface area contributed by atoms with Gasteiger partial charge in [0.15, 0.2) is 4.21 Å². The van der Waals surface area contributed by atoms with Crippen molar-refractivity contribution in [1.29, 1.82) is 0 Å². The zero-order valence-electron chi connectivity index (χ0n) is 19.4. The van der Waals surface area contributed by atoms with Gasteiger partial charge < -0.3 is 9.64 Å². The van der Waals surface area contributed by atoms with E-state index in [1.807, 2.05) is 33.8 Å². The lowest BCUT2D eigenvalue weighted by atomic mass is 10.0. The van der Waals surface area contributed by atoms with Crippen LogP contribution in [0.3, 0.4) is 0 Å². The van der Waals surface area contributed by atoms with Gasteiger partial charge in [-0.2, -0.15) is 0 Å². The summed E-state index contributed by atoms with van der Waals surface area (Å²) in [5, 5.41) is 0. The molecule has 2 heterocycles. The zero-order chi connectivity index (χ0) is 24.5. The van der Waals surface area contributed by atoms with Crippen LogP contribution in [-0.4, -0.2) is 44.6 Å². The number of methoxy groups -OCH3 is 1. The number of nitrogens with zero attached hydrogens (tertiary/aromatic N) is 1. The van der Waals surface area contributed by atoms with E-state index in [9.17, 15) is 22.8 Å². The van der Waals surface area contributed by atoms with Gasteiger partial charge in [0.2, 0.25) is 5.78 Å². The molecule has 1 aromatic heterocycles. The van der Waals surface area contributed by atoms with Crippen molar-refractivity contribution in [3.63, 3.8) is 0 Å². The highest BCUT2D eigenvalue weighted by atomic mass is 32.2. The number of rotatable bonds is 7. The number of aryl methyl sites for hydroxylation is 2. The third-order valence-electron chi connectivity index (χ3n) is 5.25. The van der Waals surface area contributed by atoms with Crippen molar-refractivity contribution < 1.29 is 27.5 Å². The maximum absolute atomic E-state index is 13.3. The largest absolute Gasteiger partial charge is 0.465 e. The van der Waals surface area contributed by atoms with E-state index in [-0.39, 0.29) is 41.6 Å². The molecule has 0 bridgehead atoms. The van der Waals surface area contributed by atoms with E-state index in [0.29, 0.717) is 16.1 Å². The molecule has 0 atom stereocenters. The lowest BCUT2D eigenvalue weighted by molar-refractivity contribution is -0.145. The summed E-state index contributed by atoms with van der Waals surface area (Å²) in [6, 6.07) is 5.33. The second-order valence-corrected chi connectivity index (χ2v) is 11.6. The molecule has 0 saturated carbocycles. The van der Waals surface area contributed by atoms with Crippen molar-refractivity contribution in [2.45, 2.75) is 51.3 Å². The molecule has 10 heteroatoms. The van der Waals surface area contributed by atoms with Crippen LogP contribution in [0.2, 0.25) is 0 Å². The van der Waals surface area contributed by atoms with Crippen molar-refractivity contribution in [1.82, 2.24) is 4.90 Å². The summed E-state index contributed by atoms with van der Waals surface area (Å²) >= 11 is 0.931. The Hall–Kier alpha value is -2.72. The Labute approximate surface area is 198 Å². The summed E-state index contributed by atoms with van der Waals surface area (Å²) in [5.41, 5.74) is 2.73. The van der Waals surface area contributed by atoms with Crippen LogP contribution in [0.4, 0.5) is 5.69 Å². The molecular formula is C23H28N2O6S2. The van der Waals surface area contributed by atoms with E-state index in [2.05, 4.69) is 4.72 Å². The van der Waals surface area contributed by atoms with E-state index in [4.69, 9.17) is 4.74 Å². The number of esters is 1. The highest BCUT2D eigenvalue weighted by Gasteiger charge is 2.36. The van der Waals surface area contributed by atoms with Gasteiger partial charge in [0.1, 0.15) is 0 Å². The smallest absolute Gasteiger partial charge is 0.340 e. The van der Waals surface area contributed by atoms with Gasteiger partial charge in [0.25, 0.3) is 15.9 Å². The van der Waals surface area contributed by atoms with E-state index in [1.54, 1.807) is 12.1 Å². The molecule has 1 aliphatic heterocycles. The quantitative estimate of drug-likeness (QED) is 0.468. The van der Waals surface area contributed by atoms with Gasteiger partial charge in [-0.15, -0.1) is 11.3 Å². The topological polar surface area (TPSA) is 110 Å². The Morgan fingerprint density at radius 3 is 2.36 bits per heavy atom. The number of sulfonamides is 1. The molecule has 0 unspecified atom stereocenters. The third-order valence-corrected chi connectivity index (χ3v) is 8.37. The van der Waals surface area contributed by atoms with Gasteiger partial charge >= 0.3 is 5.97 Å². The van der Waals surface area contributed by atoms with E-state index >= 15 is 0 Å². The number of nitrogens with one attached hydrogen (secondary N) is 1. The van der Waals surface area contributed by atoms with E-state index < -0.39 is 27.7 Å². The monoisotopic (exact) mass is 492 g/mol. The molecule has 1 amide bonds. The molecular weight excluding hydrogens is 464 g/mol. The van der Waals surface area contributed by atoms with Gasteiger partial charge in [-0.25, -0.2) is 13.2 Å². The Kier molecular flexibility index (Phi) is 7.28. The first-order valence-electron chi connectivity index (χ1n) is 10.6. The van der Waals surface area contributed by atoms with Crippen LogP contribution in [0.1, 0.15) is 52.2 Å². The summed E-state index contributed by atoms with van der Waals surface area (Å²) < 4.78 is 33.9. The number of anilines is 1. The predicted molar refractivity (Wildman–Crippen MR) is 126 cm³/mol. The first-order valence-corrected chi connectivity index (χ1v) is 12.9. The molecule has 0 radical (unpaired) electrons. The van der Waals surface area contributed by atoms with Gasteiger partial charge in [0.05, 0.1) is 19.2 Å². The number of Topliss-reactive ketones (excluding diaryl/α,β-unsaturated/α-hetero) is 1. The second kappa shape index (κ2) is 9.64. The fourth-order valence-corrected chi connectivity index (χ4v) is 6.86. The van der Waals surface area contributed by atoms with Crippen molar-refractivity contribution >= 4 is 44.7 Å². The number of hydrogen-bond donors (Lipinski definition) is 1. The number of benzene rings is 1. The molecule has 8 nitrogen and oxygen atoms in total. The van der Waals surface area contributed by atoms with Crippen LogP contribution in [0.15, 0.2) is 22.4 Å². The first kappa shape index (κ1) is 24.9. The normalized spacial score (nSPS) is 13.6. The Morgan fingerprint density at radius 1 is 1.15 bits per heavy atom. The number of fused-ring (bicyclic) bond motifs is 1. The van der Waals surface area contributed by atoms with Gasteiger partial charge in [-0.3, -0.25) is 14.3 Å². The van der Waals surface area contributed by atoms with Crippen LogP contribution in [-0.2, 0) is 37.3 Å². The zero-order valence-corrected chi connectivity index (χ0v) is 21.0. The fourth-order valence-electron chi connectivity index (χ4n) is 3.92. The Bertz CT molecular complexity index is 1190. The van der Waals surface area contributed by atoms with E-state index in [0.717, 1.165) is 22.5 Å². The number of hydrogen-bond acceptors (Lipinski definition) is 7. The summed E-state index contributed by atoms with van der Waals surface area (Å²) in [5.74, 6) is -1.74. The van der Waals surface area contributed by atoms with Crippen LogP contribution >= 0.6 is 11.3 Å². The molecule has 0 spiro atoms. The van der Waals surface area contributed by atoms with Crippen LogP contribution in [0.5, 0.6) is 0 Å². The lowest BCUT2D eigenvalue weighted by Gasteiger charge is -2.26. The second-order valence-electron chi connectivity index (χ2n) is 8.64. The molecule has 0 fully saturated rings. The molecule has 3 rings (SSSR count). The number of thiophene rings is 1. The number of ketones is 1. The first-order chi connectivity index (χ1) is 15.4. The predicted octanol–water partition coefficient (Wildman–Crippen LogP) is 3.45. The average molecular weight is 493 g/mol. The van der Waals surface area contributed by atoms with Gasteiger partial charge in [0, 0.05) is 23.5 Å². The third kappa shape index (κ3) is 5.44. The molecule has 0 saturated heterocycles. The highest BCUT2D eigenvalue weighted by molar-refractivity contribution is 7.94. The molecule has 1 aliphatic rings. The number of carbonyl (C=O) groups is 3. The minimum atomic E-state index is -4.10. The fraction of sp³-hybridized carbons (Fsp3) is 0.435. The average Bonchev–Trinajstić information content (AvgIpc) is 3.10. The molecule has 33 heavy (non-hydrogen) atoms. The van der Waals surface area contributed by atoms with Crippen molar-refractivity contribution in [2.75, 3.05) is 18.4 Å². The Morgan fingerprint density at radius 2 is 1.79 bits per heavy atom. The Balaban J connectivity index is 1.97. The summed E-state index contributed by atoms with van der Waals surface area (Å²) in [6.07, 6.45) is 0.412. The molecule has 0 aliphatic carbocycles. The SMILES string of the molecule is COC(=O)c1c(S(=O)(=O)Nc2cc(C)cc(C)c2)sc2c1CCN(C(=O)C(=O)CC(C)C)C2. The molecule has 2 aromatic rings. The molecule has 178 valence electrons. The van der Waals surface area contributed by atoms with Crippen molar-refractivity contribution in [2.24, 2.45) is 5.92 Å². The van der Waals surface area contributed by atoms with Gasteiger partial charge in [-0.1, -0.05) is 19.9 Å². The van der Waals surface area contributed by atoms with Crippen LogP contribution in [0, 0.1) is 19.8 Å². The maximum atomic E-state index is 13.3. The number of carbonyl (C=O) groups excluding carboxylic acids is 3. The van der Waals surface area contributed by atoms with Gasteiger partial charge in [-0.05, 0) is 55.0 Å². The lowest BCUT2D eigenvalue weighted by Crippen LogP contribution is -2.40. The van der Waals surface area contributed by atoms with Crippen molar-refractivity contribution in [3.05, 3.63) is 45.3 Å². The van der Waals surface area contributed by atoms with Crippen molar-refractivity contribution in [3.8, 4) is 0 Å². The maximum Gasteiger partial charge on any atom is 0.340 e. The van der Waals surface area contributed by atoms with E-state index in [1.165, 1.54) is 12.0 Å². The summed E-state index contributed by atoms with van der Waals surface area (Å²) in [7, 11) is -2.90. The highest BCUT2D eigenvalue weighted by Crippen LogP contribution is 2.37.